The van der Waals surface area contributed by atoms with Crippen LogP contribution < -0.4 is 10.1 Å². The van der Waals surface area contributed by atoms with Crippen LogP contribution in [0.2, 0.25) is 0 Å². The molecular formula is C24H24N6O2. The molecule has 8 nitrogen and oxygen atoms in total. The molecule has 1 amide bonds. The molecule has 3 aromatic heterocycles. The molecule has 5 rings (SSSR count). The van der Waals surface area contributed by atoms with Gasteiger partial charge in [-0.15, -0.1) is 0 Å². The van der Waals surface area contributed by atoms with Crippen molar-refractivity contribution in [2.45, 2.75) is 44.7 Å². The minimum absolute atomic E-state index is 0.254. The molecule has 162 valence electrons. The number of nitrogens with one attached hydrogen (secondary N) is 2. The number of ether oxygens (including phenoxy) is 1. The molecule has 32 heavy (non-hydrogen) atoms. The predicted molar refractivity (Wildman–Crippen MR) is 120 cm³/mol. The first kappa shape index (κ1) is 20.1. The first-order valence-electron chi connectivity index (χ1n) is 10.9. The van der Waals surface area contributed by atoms with Gasteiger partial charge in [0.1, 0.15) is 22.7 Å². The van der Waals surface area contributed by atoms with E-state index in [2.05, 4.69) is 25.9 Å². The van der Waals surface area contributed by atoms with Gasteiger partial charge in [0.05, 0.1) is 24.3 Å². The second-order valence-electron chi connectivity index (χ2n) is 8.22. The van der Waals surface area contributed by atoms with Crippen molar-refractivity contribution >= 4 is 28.2 Å². The highest BCUT2D eigenvalue weighted by Gasteiger charge is 2.27. The predicted octanol–water partition coefficient (Wildman–Crippen LogP) is 4.85. The summed E-state index contributed by atoms with van der Waals surface area (Å²) in [5.41, 5.74) is 2.66. The Labute approximate surface area is 185 Å². The average Bonchev–Trinajstić information content (AvgIpc) is 3.43. The first-order chi connectivity index (χ1) is 15.7. The number of aromatic amines is 1. The number of hydrogen-bond acceptors (Lipinski definition) is 5. The summed E-state index contributed by atoms with van der Waals surface area (Å²) >= 11 is 0. The maximum absolute atomic E-state index is 12.4. The molecule has 0 spiro atoms. The summed E-state index contributed by atoms with van der Waals surface area (Å²) in [5.74, 6) is 1.74. The molecule has 1 aromatic carbocycles. The number of rotatable bonds is 5. The topological polar surface area (TPSA) is 109 Å². The SMILES string of the molecule is N#CCC1CCC(n2c(CNC(=O)Oc3ccccc3)nc3cnc4[nH]ccc4c32)CC1. The summed E-state index contributed by atoms with van der Waals surface area (Å²) in [5, 5.41) is 12.9. The number of benzene rings is 1. The Morgan fingerprint density at radius 1 is 1.22 bits per heavy atom. The Balaban J connectivity index is 1.43. The minimum atomic E-state index is -0.516. The van der Waals surface area contributed by atoms with Crippen LogP contribution in [-0.2, 0) is 6.54 Å². The van der Waals surface area contributed by atoms with Crippen molar-refractivity contribution in [3.05, 3.63) is 54.6 Å². The van der Waals surface area contributed by atoms with Gasteiger partial charge in [0.2, 0.25) is 0 Å². The zero-order chi connectivity index (χ0) is 21.9. The van der Waals surface area contributed by atoms with Crippen LogP contribution in [0.25, 0.3) is 22.1 Å². The molecule has 0 atom stereocenters. The van der Waals surface area contributed by atoms with Gasteiger partial charge >= 0.3 is 6.09 Å². The van der Waals surface area contributed by atoms with Gasteiger partial charge in [0.15, 0.2) is 0 Å². The fourth-order valence-electron chi connectivity index (χ4n) is 4.68. The van der Waals surface area contributed by atoms with E-state index in [-0.39, 0.29) is 12.6 Å². The molecule has 1 aliphatic carbocycles. The van der Waals surface area contributed by atoms with E-state index in [1.165, 1.54) is 0 Å². The molecule has 3 heterocycles. The standard InChI is InChI=1S/C24H24N6O2/c25-12-10-16-6-8-17(9-7-16)30-21(15-28-24(31)32-18-4-2-1-3-5-18)29-20-14-27-23-19(22(20)30)11-13-26-23/h1-5,11,13-14,16-17H,6-10,15H2,(H,26,27)(H,28,31). The molecular weight excluding hydrogens is 404 g/mol. The van der Waals surface area contributed by atoms with Crippen molar-refractivity contribution < 1.29 is 9.53 Å². The van der Waals surface area contributed by atoms with Crippen LogP contribution in [0.15, 0.2) is 48.8 Å². The Morgan fingerprint density at radius 3 is 2.81 bits per heavy atom. The number of carbonyl (C=O) groups excluding carboxylic acids is 1. The molecule has 2 N–H and O–H groups in total. The summed E-state index contributed by atoms with van der Waals surface area (Å²) in [6.07, 6.45) is 7.75. The number of carbonyl (C=O) groups is 1. The number of hydrogen-bond donors (Lipinski definition) is 2. The molecule has 1 saturated carbocycles. The van der Waals surface area contributed by atoms with E-state index in [1.807, 2.05) is 30.5 Å². The Kier molecular flexibility index (Phi) is 5.46. The Bertz CT molecular complexity index is 1280. The van der Waals surface area contributed by atoms with E-state index >= 15 is 0 Å². The third-order valence-corrected chi connectivity index (χ3v) is 6.21. The van der Waals surface area contributed by atoms with Gasteiger partial charge in [0, 0.05) is 24.0 Å². The number of fused-ring (bicyclic) bond motifs is 3. The van der Waals surface area contributed by atoms with Crippen LogP contribution in [-0.4, -0.2) is 25.6 Å². The fourth-order valence-corrected chi connectivity index (χ4v) is 4.68. The van der Waals surface area contributed by atoms with Crippen LogP contribution in [0.4, 0.5) is 4.79 Å². The minimum Gasteiger partial charge on any atom is -0.410 e. The second kappa shape index (κ2) is 8.71. The maximum Gasteiger partial charge on any atom is 0.412 e. The molecule has 0 aliphatic heterocycles. The number of para-hydroxylation sites is 1. The molecule has 0 unspecified atom stereocenters. The monoisotopic (exact) mass is 428 g/mol. The lowest BCUT2D eigenvalue weighted by Gasteiger charge is -2.30. The number of nitrogens with zero attached hydrogens (tertiary/aromatic N) is 4. The molecule has 1 fully saturated rings. The van der Waals surface area contributed by atoms with Crippen LogP contribution in [0.5, 0.6) is 5.75 Å². The average molecular weight is 428 g/mol. The Hall–Kier alpha value is -3.86. The summed E-state index contributed by atoms with van der Waals surface area (Å²) < 4.78 is 7.62. The number of amides is 1. The third-order valence-electron chi connectivity index (χ3n) is 6.21. The number of H-pyrrole nitrogens is 1. The van der Waals surface area contributed by atoms with Crippen LogP contribution in [0.1, 0.15) is 44.0 Å². The molecule has 0 radical (unpaired) electrons. The van der Waals surface area contributed by atoms with Gasteiger partial charge in [-0.05, 0) is 49.8 Å². The van der Waals surface area contributed by atoms with Crippen LogP contribution in [0.3, 0.4) is 0 Å². The van der Waals surface area contributed by atoms with Crippen LogP contribution >= 0.6 is 0 Å². The van der Waals surface area contributed by atoms with Crippen molar-refractivity contribution in [1.29, 1.82) is 5.26 Å². The highest BCUT2D eigenvalue weighted by atomic mass is 16.6. The van der Waals surface area contributed by atoms with E-state index in [0.29, 0.717) is 18.1 Å². The van der Waals surface area contributed by atoms with Crippen LogP contribution in [0, 0.1) is 17.2 Å². The van der Waals surface area contributed by atoms with Crippen molar-refractivity contribution in [3.63, 3.8) is 0 Å². The second-order valence-corrected chi connectivity index (χ2v) is 8.22. The largest absolute Gasteiger partial charge is 0.412 e. The van der Waals surface area contributed by atoms with Gasteiger partial charge in [0.25, 0.3) is 0 Å². The Morgan fingerprint density at radius 2 is 2.03 bits per heavy atom. The van der Waals surface area contributed by atoms with Crippen molar-refractivity contribution in [2.24, 2.45) is 5.92 Å². The molecule has 0 bridgehead atoms. The molecule has 1 aliphatic rings. The van der Waals surface area contributed by atoms with Gasteiger partial charge in [-0.1, -0.05) is 18.2 Å². The lowest BCUT2D eigenvalue weighted by atomic mass is 9.84. The van der Waals surface area contributed by atoms with E-state index in [0.717, 1.165) is 53.6 Å². The summed E-state index contributed by atoms with van der Waals surface area (Å²) in [7, 11) is 0. The summed E-state index contributed by atoms with van der Waals surface area (Å²) in [4.78, 5) is 24.8. The summed E-state index contributed by atoms with van der Waals surface area (Å²) in [6, 6.07) is 13.6. The van der Waals surface area contributed by atoms with Gasteiger partial charge in [-0.25, -0.2) is 14.8 Å². The normalized spacial score (nSPS) is 18.5. The van der Waals surface area contributed by atoms with Gasteiger partial charge in [-0.3, -0.25) is 0 Å². The quantitative estimate of drug-likeness (QED) is 0.472. The van der Waals surface area contributed by atoms with Crippen molar-refractivity contribution in [3.8, 4) is 11.8 Å². The van der Waals surface area contributed by atoms with Gasteiger partial charge < -0.3 is 19.6 Å². The maximum atomic E-state index is 12.4. The van der Waals surface area contributed by atoms with Gasteiger partial charge in [-0.2, -0.15) is 5.26 Å². The highest BCUT2D eigenvalue weighted by molar-refractivity contribution is 6.01. The molecule has 8 heteroatoms. The van der Waals surface area contributed by atoms with E-state index in [9.17, 15) is 4.79 Å². The molecule has 4 aromatic rings. The van der Waals surface area contributed by atoms with E-state index in [1.54, 1.807) is 18.3 Å². The fraction of sp³-hybridized carbons (Fsp3) is 0.333. The smallest absolute Gasteiger partial charge is 0.410 e. The zero-order valence-electron chi connectivity index (χ0n) is 17.6. The van der Waals surface area contributed by atoms with Crippen molar-refractivity contribution in [2.75, 3.05) is 0 Å². The number of imidazole rings is 1. The lowest BCUT2D eigenvalue weighted by Crippen LogP contribution is -2.29. The van der Waals surface area contributed by atoms with Crippen molar-refractivity contribution in [1.82, 2.24) is 24.8 Å². The zero-order valence-corrected chi connectivity index (χ0v) is 17.6. The number of pyridine rings is 1. The number of aromatic nitrogens is 4. The molecule has 0 saturated heterocycles. The highest BCUT2D eigenvalue weighted by Crippen LogP contribution is 2.37. The van der Waals surface area contributed by atoms with E-state index < -0.39 is 6.09 Å². The number of nitriles is 1. The summed E-state index contributed by atoms with van der Waals surface area (Å²) in [6.45, 7) is 0.254. The third kappa shape index (κ3) is 3.89. The lowest BCUT2D eigenvalue weighted by molar-refractivity contribution is 0.199. The first-order valence-corrected chi connectivity index (χ1v) is 10.9. The van der Waals surface area contributed by atoms with E-state index in [4.69, 9.17) is 15.0 Å².